The predicted octanol–water partition coefficient (Wildman–Crippen LogP) is 3.56. The minimum atomic E-state index is -1.03. The molecule has 2 amide bonds. The fraction of sp³-hybridized carbons (Fsp3) is 0.316. The number of aryl methyl sites for hydroxylation is 1. The number of hydrogen-bond acceptors (Lipinski definition) is 7. The van der Waals surface area contributed by atoms with Gasteiger partial charge in [-0.25, -0.2) is 4.79 Å². The molecule has 9 nitrogen and oxygen atoms in total. The van der Waals surface area contributed by atoms with Crippen LogP contribution in [0.25, 0.3) is 0 Å². The zero-order chi connectivity index (χ0) is 22.0. The van der Waals surface area contributed by atoms with E-state index in [9.17, 15) is 28.9 Å². The van der Waals surface area contributed by atoms with Crippen molar-refractivity contribution in [1.29, 1.82) is 0 Å². The van der Waals surface area contributed by atoms with Crippen molar-refractivity contribution < 1.29 is 28.4 Å². The number of thiophene rings is 1. The number of amides is 2. The molecule has 1 aromatic carbocycles. The van der Waals surface area contributed by atoms with Crippen LogP contribution in [0, 0.1) is 35.7 Å². The molecule has 0 bridgehead atoms. The summed E-state index contributed by atoms with van der Waals surface area (Å²) >= 11 is 1.25. The third-order valence-corrected chi connectivity index (χ3v) is 5.66. The zero-order valence-corrected chi connectivity index (χ0v) is 16.9. The van der Waals surface area contributed by atoms with Crippen LogP contribution >= 0.6 is 11.3 Å². The number of anilines is 2. The Labute approximate surface area is 174 Å². The lowest BCUT2D eigenvalue weighted by molar-refractivity contribution is -0.387. The van der Waals surface area contributed by atoms with Crippen LogP contribution in [0.15, 0.2) is 18.2 Å². The second-order valence-electron chi connectivity index (χ2n) is 6.80. The van der Waals surface area contributed by atoms with Gasteiger partial charge in [-0.3, -0.25) is 19.7 Å². The molecule has 0 radical (unpaired) electrons. The van der Waals surface area contributed by atoms with Gasteiger partial charge in [0.05, 0.1) is 10.5 Å². The van der Waals surface area contributed by atoms with Crippen LogP contribution < -0.4 is 10.6 Å². The molecule has 0 saturated heterocycles. The molecule has 2 aromatic rings. The number of carbonyl (C=O) groups excluding carboxylic acids is 3. The molecule has 3 rings (SSSR count). The monoisotopic (exact) mass is 435 g/mol. The van der Waals surface area contributed by atoms with Gasteiger partial charge in [-0.15, -0.1) is 11.3 Å². The van der Waals surface area contributed by atoms with E-state index in [0.717, 1.165) is 35.9 Å². The largest absolute Gasteiger partial charge is 0.452 e. The normalized spacial score (nSPS) is 12.9. The topological polar surface area (TPSA) is 128 Å². The Hall–Kier alpha value is -3.34. The fourth-order valence-electron chi connectivity index (χ4n) is 2.65. The molecule has 158 valence electrons. The van der Waals surface area contributed by atoms with Crippen molar-refractivity contribution in [2.75, 3.05) is 17.2 Å². The van der Waals surface area contributed by atoms with Gasteiger partial charge in [-0.1, -0.05) is 0 Å². The number of halogens is 1. The SMILES string of the molecule is Cc1sc(NC(=O)C2CC2)c(C(=O)OCC(=O)Nc2ccc(F)c([N+](=O)[O-])c2)c1C. The molecule has 0 unspecified atom stereocenters. The predicted molar refractivity (Wildman–Crippen MR) is 107 cm³/mol. The second-order valence-corrected chi connectivity index (χ2v) is 8.02. The Morgan fingerprint density at radius 2 is 1.97 bits per heavy atom. The van der Waals surface area contributed by atoms with Gasteiger partial charge in [-0.2, -0.15) is 4.39 Å². The molecular formula is C19H18FN3O6S. The van der Waals surface area contributed by atoms with Crippen LogP contribution in [0.5, 0.6) is 0 Å². The first-order valence-corrected chi connectivity index (χ1v) is 9.80. The highest BCUT2D eigenvalue weighted by Gasteiger charge is 2.32. The van der Waals surface area contributed by atoms with Crippen LogP contribution in [0.1, 0.15) is 33.6 Å². The number of nitro groups is 1. The first-order chi connectivity index (χ1) is 14.2. The molecule has 1 heterocycles. The molecule has 1 aliphatic carbocycles. The summed E-state index contributed by atoms with van der Waals surface area (Å²) in [4.78, 5) is 47.3. The zero-order valence-electron chi connectivity index (χ0n) is 16.1. The number of carbonyl (C=O) groups is 3. The first-order valence-electron chi connectivity index (χ1n) is 8.99. The lowest BCUT2D eigenvalue weighted by atomic mass is 10.1. The van der Waals surface area contributed by atoms with E-state index in [2.05, 4.69) is 10.6 Å². The molecule has 2 N–H and O–H groups in total. The average Bonchev–Trinajstić information content (AvgIpc) is 3.49. The summed E-state index contributed by atoms with van der Waals surface area (Å²) in [6.45, 7) is 2.86. The molecule has 1 fully saturated rings. The first kappa shape index (κ1) is 21.4. The van der Waals surface area contributed by atoms with Crippen molar-refractivity contribution >= 4 is 45.5 Å². The van der Waals surface area contributed by atoms with E-state index in [1.165, 1.54) is 11.3 Å². The molecule has 30 heavy (non-hydrogen) atoms. The minimum absolute atomic E-state index is 0.0101. The summed E-state index contributed by atoms with van der Waals surface area (Å²) in [5, 5.41) is 16.2. The molecule has 1 aliphatic rings. The third kappa shape index (κ3) is 4.79. The number of nitrogens with one attached hydrogen (secondary N) is 2. The van der Waals surface area contributed by atoms with Gasteiger partial charge in [0.25, 0.3) is 5.91 Å². The molecule has 0 aliphatic heterocycles. The third-order valence-electron chi connectivity index (χ3n) is 4.54. The van der Waals surface area contributed by atoms with Crippen molar-refractivity contribution in [2.45, 2.75) is 26.7 Å². The van der Waals surface area contributed by atoms with E-state index in [0.29, 0.717) is 10.6 Å². The molecule has 0 atom stereocenters. The summed E-state index contributed by atoms with van der Waals surface area (Å²) in [6.07, 6.45) is 1.63. The van der Waals surface area contributed by atoms with Crippen molar-refractivity contribution in [2.24, 2.45) is 5.92 Å². The Morgan fingerprint density at radius 1 is 1.27 bits per heavy atom. The maximum Gasteiger partial charge on any atom is 0.341 e. The van der Waals surface area contributed by atoms with Gasteiger partial charge in [0.1, 0.15) is 5.00 Å². The number of ether oxygens (including phenoxy) is 1. The molecule has 0 spiro atoms. The van der Waals surface area contributed by atoms with Crippen LogP contribution in [-0.2, 0) is 14.3 Å². The highest BCUT2D eigenvalue weighted by molar-refractivity contribution is 7.16. The molecule has 11 heteroatoms. The lowest BCUT2D eigenvalue weighted by Gasteiger charge is -2.09. The van der Waals surface area contributed by atoms with Gasteiger partial charge in [0, 0.05) is 22.5 Å². The summed E-state index contributed by atoms with van der Waals surface area (Å²) in [5.41, 5.74) is 0.0386. The smallest absolute Gasteiger partial charge is 0.341 e. The minimum Gasteiger partial charge on any atom is -0.452 e. The van der Waals surface area contributed by atoms with Crippen LogP contribution in [0.3, 0.4) is 0 Å². The molecule has 1 aromatic heterocycles. The van der Waals surface area contributed by atoms with E-state index in [-0.39, 0.29) is 23.1 Å². The number of hydrogen-bond donors (Lipinski definition) is 2. The van der Waals surface area contributed by atoms with Crippen LogP contribution in [0.2, 0.25) is 0 Å². The Morgan fingerprint density at radius 3 is 2.60 bits per heavy atom. The Balaban J connectivity index is 1.64. The maximum atomic E-state index is 13.4. The summed E-state index contributed by atoms with van der Waals surface area (Å²) < 4.78 is 18.4. The lowest BCUT2D eigenvalue weighted by Crippen LogP contribution is -2.22. The van der Waals surface area contributed by atoms with Gasteiger partial charge in [0.15, 0.2) is 6.61 Å². The van der Waals surface area contributed by atoms with Gasteiger partial charge < -0.3 is 15.4 Å². The van der Waals surface area contributed by atoms with Crippen molar-refractivity contribution in [3.05, 3.63) is 50.1 Å². The van der Waals surface area contributed by atoms with E-state index in [1.807, 2.05) is 0 Å². The van der Waals surface area contributed by atoms with Gasteiger partial charge in [-0.05, 0) is 44.4 Å². The second kappa shape index (κ2) is 8.57. The molecular weight excluding hydrogens is 417 g/mol. The highest BCUT2D eigenvalue weighted by Crippen LogP contribution is 2.36. The van der Waals surface area contributed by atoms with E-state index in [1.54, 1.807) is 13.8 Å². The van der Waals surface area contributed by atoms with Crippen molar-refractivity contribution in [3.63, 3.8) is 0 Å². The summed E-state index contributed by atoms with van der Waals surface area (Å²) in [5.74, 6) is -2.75. The van der Waals surface area contributed by atoms with Crippen LogP contribution in [-0.4, -0.2) is 29.3 Å². The Bertz CT molecular complexity index is 1050. The maximum absolute atomic E-state index is 13.4. The van der Waals surface area contributed by atoms with Gasteiger partial charge in [0.2, 0.25) is 11.7 Å². The van der Waals surface area contributed by atoms with E-state index < -0.39 is 34.9 Å². The van der Waals surface area contributed by atoms with Crippen molar-refractivity contribution in [3.8, 4) is 0 Å². The van der Waals surface area contributed by atoms with Gasteiger partial charge >= 0.3 is 11.7 Å². The Kier molecular flexibility index (Phi) is 6.11. The van der Waals surface area contributed by atoms with E-state index >= 15 is 0 Å². The van der Waals surface area contributed by atoms with Crippen LogP contribution in [0.4, 0.5) is 20.8 Å². The number of esters is 1. The number of benzene rings is 1. The number of nitrogens with zero attached hydrogens (tertiary/aromatic N) is 1. The number of nitro benzene ring substituents is 1. The average molecular weight is 435 g/mol. The molecule has 1 saturated carbocycles. The summed E-state index contributed by atoms with van der Waals surface area (Å²) in [6, 6.07) is 2.87. The highest BCUT2D eigenvalue weighted by atomic mass is 32.1. The quantitative estimate of drug-likeness (QED) is 0.389. The summed E-state index contributed by atoms with van der Waals surface area (Å²) in [7, 11) is 0. The number of rotatable bonds is 7. The standard InChI is InChI=1S/C19H18FN3O6S/c1-9-10(2)30-18(22-17(25)11-3-4-11)16(9)19(26)29-8-15(24)21-12-5-6-13(20)14(7-12)23(27)28/h5-7,11H,3-4,8H2,1-2H3,(H,21,24)(H,22,25). The van der Waals surface area contributed by atoms with Crippen molar-refractivity contribution in [1.82, 2.24) is 0 Å². The fourth-order valence-corrected chi connectivity index (χ4v) is 3.70. The van der Waals surface area contributed by atoms with E-state index in [4.69, 9.17) is 4.74 Å².